The normalized spacial score (nSPS) is 13.0. The van der Waals surface area contributed by atoms with Gasteiger partial charge in [-0.15, -0.1) is 0 Å². The Balaban J connectivity index is 3.24. The molecular weight excluding hydrogens is 240 g/mol. The molecule has 0 aliphatic heterocycles. The third kappa shape index (κ3) is 3.58. The molecule has 0 unspecified atom stereocenters. The van der Waals surface area contributed by atoms with Gasteiger partial charge < -0.3 is 4.74 Å². The maximum absolute atomic E-state index is 13.5. The van der Waals surface area contributed by atoms with Gasteiger partial charge >= 0.3 is 12.1 Å². The summed E-state index contributed by atoms with van der Waals surface area (Å²) in [4.78, 5) is 10.5. The molecule has 0 aliphatic rings. The summed E-state index contributed by atoms with van der Waals surface area (Å²) in [6, 6.07) is 6.55. The predicted molar refractivity (Wildman–Crippen MR) is 52.3 cm³/mol. The van der Waals surface area contributed by atoms with Crippen LogP contribution in [-0.4, -0.2) is 12.1 Å². The number of alkyl halides is 3. The van der Waals surface area contributed by atoms with Crippen molar-refractivity contribution in [3.8, 4) is 0 Å². The van der Waals surface area contributed by atoms with Crippen LogP contribution in [0.5, 0.6) is 0 Å². The van der Waals surface area contributed by atoms with Gasteiger partial charge in [0.1, 0.15) is 0 Å². The molecule has 1 aromatic carbocycles. The van der Waals surface area contributed by atoms with E-state index in [2.05, 4.69) is 4.74 Å². The molecule has 1 rings (SSSR count). The molecule has 0 amide bonds. The Morgan fingerprint density at radius 2 is 1.71 bits per heavy atom. The van der Waals surface area contributed by atoms with Crippen molar-refractivity contribution >= 4 is 11.8 Å². The fourth-order valence-electron chi connectivity index (χ4n) is 1.09. The number of allylic oxidation sites excluding steroid dienone is 1. The van der Waals surface area contributed by atoms with Crippen LogP contribution in [0.15, 0.2) is 36.1 Å². The van der Waals surface area contributed by atoms with Crippen LogP contribution < -0.4 is 0 Å². The summed E-state index contributed by atoms with van der Waals surface area (Å²) in [5, 5.41) is 0. The van der Waals surface area contributed by atoms with Crippen LogP contribution in [0.2, 0.25) is 0 Å². The minimum absolute atomic E-state index is 0.305. The third-order valence-electron chi connectivity index (χ3n) is 1.73. The Kier molecular flexibility index (Phi) is 3.88. The summed E-state index contributed by atoms with van der Waals surface area (Å²) >= 11 is 0. The number of esters is 1. The van der Waals surface area contributed by atoms with E-state index in [1.54, 1.807) is 0 Å². The molecule has 0 spiro atoms. The van der Waals surface area contributed by atoms with Crippen LogP contribution in [0, 0.1) is 0 Å². The van der Waals surface area contributed by atoms with Crippen molar-refractivity contribution in [1.29, 1.82) is 0 Å². The fourth-order valence-corrected chi connectivity index (χ4v) is 1.09. The molecule has 0 aromatic heterocycles. The maximum atomic E-state index is 13.5. The average Bonchev–Trinajstić information content (AvgIpc) is 2.24. The van der Waals surface area contributed by atoms with Gasteiger partial charge in [-0.25, -0.2) is 4.39 Å². The van der Waals surface area contributed by atoms with E-state index in [-0.39, 0.29) is 5.56 Å². The van der Waals surface area contributed by atoms with Crippen LogP contribution in [0.3, 0.4) is 0 Å². The second kappa shape index (κ2) is 4.99. The minimum Gasteiger partial charge on any atom is -0.418 e. The highest BCUT2D eigenvalue weighted by Gasteiger charge is 2.40. The highest BCUT2D eigenvalue weighted by atomic mass is 19.4. The van der Waals surface area contributed by atoms with E-state index in [1.165, 1.54) is 18.2 Å². The van der Waals surface area contributed by atoms with Crippen LogP contribution in [0.25, 0.3) is 5.83 Å². The molecule has 0 fully saturated rings. The molecule has 2 nitrogen and oxygen atoms in total. The van der Waals surface area contributed by atoms with E-state index < -0.39 is 23.7 Å². The second-order valence-electron chi connectivity index (χ2n) is 3.10. The molecule has 0 saturated heterocycles. The van der Waals surface area contributed by atoms with Crippen molar-refractivity contribution in [3.63, 3.8) is 0 Å². The Morgan fingerprint density at radius 1 is 1.18 bits per heavy atom. The Morgan fingerprint density at radius 3 is 2.12 bits per heavy atom. The largest absolute Gasteiger partial charge is 0.452 e. The van der Waals surface area contributed by atoms with Gasteiger partial charge in [-0.05, 0) is 0 Å². The van der Waals surface area contributed by atoms with Crippen molar-refractivity contribution in [2.45, 2.75) is 13.1 Å². The molecular formula is C11H8F4O2. The summed E-state index contributed by atoms with van der Waals surface area (Å²) in [6.45, 7) is 0.768. The molecule has 17 heavy (non-hydrogen) atoms. The van der Waals surface area contributed by atoms with Crippen molar-refractivity contribution in [1.82, 2.24) is 0 Å². The topological polar surface area (TPSA) is 26.3 Å². The monoisotopic (exact) mass is 248 g/mol. The SMILES string of the molecule is CC(=O)O/C(=C(/F)c1ccccc1)C(F)(F)F. The quantitative estimate of drug-likeness (QED) is 0.455. The first-order valence-corrected chi connectivity index (χ1v) is 4.53. The number of ether oxygens (including phenoxy) is 1. The smallest absolute Gasteiger partial charge is 0.418 e. The van der Waals surface area contributed by atoms with Crippen molar-refractivity contribution in [2.24, 2.45) is 0 Å². The molecule has 0 N–H and O–H groups in total. The van der Waals surface area contributed by atoms with Gasteiger partial charge in [-0.2, -0.15) is 13.2 Å². The van der Waals surface area contributed by atoms with Crippen molar-refractivity contribution in [2.75, 3.05) is 0 Å². The molecule has 6 heteroatoms. The summed E-state index contributed by atoms with van der Waals surface area (Å²) < 4.78 is 54.7. The first-order valence-electron chi connectivity index (χ1n) is 4.53. The van der Waals surface area contributed by atoms with Crippen LogP contribution in [0.1, 0.15) is 12.5 Å². The lowest BCUT2D eigenvalue weighted by molar-refractivity contribution is -0.158. The van der Waals surface area contributed by atoms with Crippen molar-refractivity contribution < 1.29 is 27.1 Å². The Bertz CT molecular complexity index is 435. The van der Waals surface area contributed by atoms with Crippen molar-refractivity contribution in [3.05, 3.63) is 41.7 Å². The zero-order chi connectivity index (χ0) is 13.1. The number of rotatable bonds is 2. The minimum atomic E-state index is -5.06. The van der Waals surface area contributed by atoms with E-state index in [1.807, 2.05) is 0 Å². The van der Waals surface area contributed by atoms with Gasteiger partial charge in [-0.3, -0.25) is 4.79 Å². The molecule has 0 aliphatic carbocycles. The molecule has 92 valence electrons. The lowest BCUT2D eigenvalue weighted by Crippen LogP contribution is -2.18. The molecule has 0 heterocycles. The molecule has 0 radical (unpaired) electrons. The van der Waals surface area contributed by atoms with Gasteiger partial charge in [0.15, 0.2) is 5.83 Å². The number of carbonyl (C=O) groups is 1. The van der Waals surface area contributed by atoms with E-state index in [9.17, 15) is 22.4 Å². The van der Waals surface area contributed by atoms with E-state index >= 15 is 0 Å². The van der Waals surface area contributed by atoms with Gasteiger partial charge in [0.05, 0.1) is 0 Å². The average molecular weight is 248 g/mol. The zero-order valence-corrected chi connectivity index (χ0v) is 8.72. The van der Waals surface area contributed by atoms with Crippen LogP contribution in [0.4, 0.5) is 17.6 Å². The van der Waals surface area contributed by atoms with Gasteiger partial charge in [0, 0.05) is 12.5 Å². The summed E-state index contributed by atoms with van der Waals surface area (Å²) in [6.07, 6.45) is -5.06. The molecule has 0 atom stereocenters. The van der Waals surface area contributed by atoms with E-state index in [0.717, 1.165) is 19.1 Å². The third-order valence-corrected chi connectivity index (χ3v) is 1.73. The number of hydrogen-bond acceptors (Lipinski definition) is 2. The Hall–Kier alpha value is -1.85. The highest BCUT2D eigenvalue weighted by molar-refractivity contribution is 5.71. The second-order valence-corrected chi connectivity index (χ2v) is 3.10. The highest BCUT2D eigenvalue weighted by Crippen LogP contribution is 2.34. The van der Waals surface area contributed by atoms with E-state index in [0.29, 0.717) is 0 Å². The predicted octanol–water partition coefficient (Wildman–Crippen LogP) is 3.45. The summed E-state index contributed by atoms with van der Waals surface area (Å²) in [7, 11) is 0. The lowest BCUT2D eigenvalue weighted by atomic mass is 10.2. The number of halogens is 4. The zero-order valence-electron chi connectivity index (χ0n) is 8.72. The van der Waals surface area contributed by atoms with Gasteiger partial charge in [0.25, 0.3) is 0 Å². The van der Waals surface area contributed by atoms with Crippen LogP contribution in [-0.2, 0) is 9.53 Å². The molecule has 0 saturated carbocycles. The number of benzene rings is 1. The van der Waals surface area contributed by atoms with E-state index in [4.69, 9.17) is 0 Å². The first-order chi connectivity index (χ1) is 7.82. The first kappa shape index (κ1) is 13.2. The number of hydrogen-bond donors (Lipinski definition) is 0. The lowest BCUT2D eigenvalue weighted by Gasteiger charge is -2.12. The van der Waals surface area contributed by atoms with Crippen LogP contribution >= 0.6 is 0 Å². The maximum Gasteiger partial charge on any atom is 0.452 e. The van der Waals surface area contributed by atoms with Gasteiger partial charge in [0.2, 0.25) is 5.76 Å². The number of carbonyl (C=O) groups excluding carboxylic acids is 1. The summed E-state index contributed by atoms with van der Waals surface area (Å²) in [5.41, 5.74) is -0.305. The molecule has 1 aromatic rings. The van der Waals surface area contributed by atoms with Gasteiger partial charge in [-0.1, -0.05) is 30.3 Å². The fraction of sp³-hybridized carbons (Fsp3) is 0.182. The standard InChI is InChI=1S/C11H8F4O2/c1-7(16)17-10(11(13,14)15)9(12)8-5-3-2-4-6-8/h2-6H,1H3/b10-9+. The summed E-state index contributed by atoms with van der Waals surface area (Å²) in [5.74, 6) is -4.78. The molecule has 0 bridgehead atoms. The Labute approximate surface area is 94.5 Å².